The molecule has 1 unspecified atom stereocenters. The first-order chi connectivity index (χ1) is 14.7. The lowest BCUT2D eigenvalue weighted by molar-refractivity contribution is -0.189. The van der Waals surface area contributed by atoms with Gasteiger partial charge in [0.15, 0.2) is 17.2 Å². The maximum absolute atomic E-state index is 13.1. The van der Waals surface area contributed by atoms with Crippen molar-refractivity contribution in [2.75, 3.05) is 0 Å². The summed E-state index contributed by atoms with van der Waals surface area (Å²) in [6.45, 7) is 8.37. The van der Waals surface area contributed by atoms with Crippen molar-refractivity contribution in [1.29, 1.82) is 0 Å². The van der Waals surface area contributed by atoms with Crippen LogP contribution in [0.2, 0.25) is 0 Å². The van der Waals surface area contributed by atoms with Crippen LogP contribution in [0.5, 0.6) is 0 Å². The van der Waals surface area contributed by atoms with Crippen LogP contribution >= 0.6 is 0 Å². The lowest BCUT2D eigenvalue weighted by atomic mass is 9.46. The van der Waals surface area contributed by atoms with Crippen molar-refractivity contribution < 1.29 is 19.1 Å². The van der Waals surface area contributed by atoms with Gasteiger partial charge in [0.2, 0.25) is 0 Å². The summed E-state index contributed by atoms with van der Waals surface area (Å²) in [6, 6.07) is 0. The maximum atomic E-state index is 13.1. The van der Waals surface area contributed by atoms with Gasteiger partial charge in [-0.3, -0.25) is 14.4 Å². The number of carbonyl (C=O) groups is 3. The van der Waals surface area contributed by atoms with E-state index in [4.69, 9.17) is 4.74 Å². The third-order valence-electron chi connectivity index (χ3n) is 9.92. The fraction of sp³-hybridized carbons (Fsp3) is 0.815. The molecule has 4 rings (SSSR count). The molecule has 0 aromatic heterocycles. The average molecular weight is 429 g/mol. The first-order valence-corrected chi connectivity index (χ1v) is 12.6. The van der Waals surface area contributed by atoms with Crippen LogP contribution in [0.25, 0.3) is 0 Å². The van der Waals surface area contributed by atoms with E-state index < -0.39 is 5.60 Å². The molecule has 3 fully saturated rings. The van der Waals surface area contributed by atoms with Crippen LogP contribution < -0.4 is 0 Å². The van der Waals surface area contributed by atoms with Crippen molar-refractivity contribution in [3.63, 3.8) is 0 Å². The predicted octanol–water partition coefficient (Wildman–Crippen LogP) is 5.97. The summed E-state index contributed by atoms with van der Waals surface area (Å²) in [5.41, 5.74) is 0.261. The van der Waals surface area contributed by atoms with E-state index in [1.807, 2.05) is 6.08 Å². The Bertz CT molecular complexity index is 797. The molecule has 3 saturated carbocycles. The first kappa shape index (κ1) is 22.7. The van der Waals surface area contributed by atoms with Gasteiger partial charge in [-0.1, -0.05) is 39.2 Å². The highest BCUT2D eigenvalue weighted by atomic mass is 16.6. The normalized spacial score (nSPS) is 41.6. The molecule has 4 aliphatic rings. The second kappa shape index (κ2) is 8.15. The van der Waals surface area contributed by atoms with Gasteiger partial charge in [-0.15, -0.1) is 0 Å². The summed E-state index contributed by atoms with van der Waals surface area (Å²) in [4.78, 5) is 37.8. The van der Waals surface area contributed by atoms with Gasteiger partial charge in [0.1, 0.15) is 0 Å². The molecule has 172 valence electrons. The minimum Gasteiger partial charge on any atom is -0.450 e. The van der Waals surface area contributed by atoms with Crippen LogP contribution in [0, 0.1) is 28.6 Å². The molecule has 6 atom stereocenters. The summed E-state index contributed by atoms with van der Waals surface area (Å²) >= 11 is 0. The predicted molar refractivity (Wildman–Crippen MR) is 120 cm³/mol. The number of esters is 1. The quantitative estimate of drug-likeness (QED) is 0.386. The fourth-order valence-corrected chi connectivity index (χ4v) is 8.14. The maximum Gasteiger partial charge on any atom is 0.306 e. The SMILES string of the molecule is CCCCCC(=O)O[C@]1(C(C)=O)CC[C@H]2[C@@H]3CCC4=CC(=O)CC[C@@]4(C)C3CC[C@@]21C. The van der Waals surface area contributed by atoms with Crippen molar-refractivity contribution in [2.45, 2.75) is 110 Å². The third kappa shape index (κ3) is 3.43. The number of rotatable bonds is 6. The second-order valence-corrected chi connectivity index (χ2v) is 11.3. The van der Waals surface area contributed by atoms with Gasteiger partial charge in [0.05, 0.1) is 0 Å². The number of carbonyl (C=O) groups excluding carboxylic acids is 3. The Labute approximate surface area is 187 Å². The molecule has 0 aliphatic heterocycles. The molecule has 4 heteroatoms. The summed E-state index contributed by atoms with van der Waals surface area (Å²) in [7, 11) is 0. The molecule has 0 heterocycles. The molecule has 0 spiro atoms. The van der Waals surface area contributed by atoms with Gasteiger partial charge in [-0.2, -0.15) is 0 Å². The Morgan fingerprint density at radius 2 is 1.77 bits per heavy atom. The van der Waals surface area contributed by atoms with Crippen LogP contribution in [0.15, 0.2) is 11.6 Å². The summed E-state index contributed by atoms with van der Waals surface area (Å²) in [5, 5.41) is 0. The average Bonchev–Trinajstić information content (AvgIpc) is 3.02. The van der Waals surface area contributed by atoms with Crippen molar-refractivity contribution >= 4 is 17.5 Å². The first-order valence-electron chi connectivity index (χ1n) is 12.6. The standard InChI is InChI=1S/C27H40O4/c1-5-6-7-8-24(30)31-27(18(2)28)16-13-23-21-10-9-19-17-20(29)11-14-25(19,3)22(21)12-15-26(23,27)4/h17,21-23H,5-16H2,1-4H3/t21-,22?,23+,25-,26+,27+/m1/s1. The molecular formula is C27H40O4. The summed E-state index contributed by atoms with van der Waals surface area (Å²) in [6.07, 6.45) is 12.6. The minimum atomic E-state index is -0.953. The van der Waals surface area contributed by atoms with Gasteiger partial charge in [-0.25, -0.2) is 0 Å². The van der Waals surface area contributed by atoms with Gasteiger partial charge in [-0.05, 0) is 87.5 Å². The number of fused-ring (bicyclic) bond motifs is 5. The van der Waals surface area contributed by atoms with Gasteiger partial charge >= 0.3 is 5.97 Å². The van der Waals surface area contributed by atoms with E-state index in [0.717, 1.165) is 57.8 Å². The van der Waals surface area contributed by atoms with E-state index in [1.54, 1.807) is 6.92 Å². The van der Waals surface area contributed by atoms with Crippen LogP contribution in [-0.2, 0) is 19.1 Å². The van der Waals surface area contributed by atoms with E-state index >= 15 is 0 Å². The lowest BCUT2D eigenvalue weighted by Gasteiger charge is -2.59. The Balaban J connectivity index is 1.59. The molecule has 0 aromatic rings. The molecule has 4 aliphatic carbocycles. The fourth-order valence-electron chi connectivity index (χ4n) is 8.14. The van der Waals surface area contributed by atoms with Gasteiger partial charge < -0.3 is 4.74 Å². The third-order valence-corrected chi connectivity index (χ3v) is 9.92. The van der Waals surface area contributed by atoms with E-state index in [2.05, 4.69) is 20.8 Å². The molecule has 31 heavy (non-hydrogen) atoms. The Morgan fingerprint density at radius 1 is 1.03 bits per heavy atom. The van der Waals surface area contributed by atoms with Gasteiger partial charge in [0, 0.05) is 18.3 Å². The molecule has 0 aromatic carbocycles. The molecule has 0 saturated heterocycles. The van der Waals surface area contributed by atoms with Crippen LogP contribution in [-0.4, -0.2) is 23.1 Å². The topological polar surface area (TPSA) is 60.4 Å². The van der Waals surface area contributed by atoms with Crippen molar-refractivity contribution in [2.24, 2.45) is 28.6 Å². The van der Waals surface area contributed by atoms with Gasteiger partial charge in [0.25, 0.3) is 0 Å². The second-order valence-electron chi connectivity index (χ2n) is 11.3. The minimum absolute atomic E-state index is 0.0330. The highest BCUT2D eigenvalue weighted by Crippen LogP contribution is 2.68. The number of Topliss-reactive ketones (excluding diaryl/α,β-unsaturated/α-hetero) is 1. The van der Waals surface area contributed by atoms with E-state index in [9.17, 15) is 14.4 Å². The van der Waals surface area contributed by atoms with E-state index in [0.29, 0.717) is 37.0 Å². The molecule has 0 amide bonds. The Hall–Kier alpha value is -1.45. The molecule has 0 bridgehead atoms. The van der Waals surface area contributed by atoms with Crippen LogP contribution in [0.3, 0.4) is 0 Å². The monoisotopic (exact) mass is 428 g/mol. The zero-order chi connectivity index (χ0) is 22.4. The highest BCUT2D eigenvalue weighted by molar-refractivity contribution is 5.91. The van der Waals surface area contributed by atoms with E-state index in [1.165, 1.54) is 5.57 Å². The van der Waals surface area contributed by atoms with Crippen LogP contribution in [0.1, 0.15) is 105 Å². The smallest absolute Gasteiger partial charge is 0.306 e. The lowest BCUT2D eigenvalue weighted by Crippen LogP contribution is -2.58. The number of unbranched alkanes of at least 4 members (excludes halogenated alkanes) is 2. The highest BCUT2D eigenvalue weighted by Gasteiger charge is 2.67. The molecular weight excluding hydrogens is 388 g/mol. The number of ether oxygens (including phenoxy) is 1. The molecule has 0 N–H and O–H groups in total. The number of allylic oxidation sites excluding steroid dienone is 1. The zero-order valence-electron chi connectivity index (χ0n) is 19.9. The summed E-state index contributed by atoms with van der Waals surface area (Å²) in [5.74, 6) is 1.66. The van der Waals surface area contributed by atoms with Crippen molar-refractivity contribution in [3.8, 4) is 0 Å². The van der Waals surface area contributed by atoms with Crippen LogP contribution in [0.4, 0.5) is 0 Å². The molecule has 4 nitrogen and oxygen atoms in total. The van der Waals surface area contributed by atoms with Crippen molar-refractivity contribution in [1.82, 2.24) is 0 Å². The zero-order valence-corrected chi connectivity index (χ0v) is 19.9. The van der Waals surface area contributed by atoms with E-state index in [-0.39, 0.29) is 28.4 Å². The number of ketones is 2. The molecule has 0 radical (unpaired) electrons. The number of hydrogen-bond donors (Lipinski definition) is 0. The largest absolute Gasteiger partial charge is 0.450 e. The summed E-state index contributed by atoms with van der Waals surface area (Å²) < 4.78 is 6.16. The number of hydrogen-bond acceptors (Lipinski definition) is 4. The Morgan fingerprint density at radius 3 is 2.48 bits per heavy atom. The Kier molecular flexibility index (Phi) is 5.98. The van der Waals surface area contributed by atoms with Crippen molar-refractivity contribution in [3.05, 3.63) is 11.6 Å².